The third-order valence-corrected chi connectivity index (χ3v) is 5.40. The van der Waals surface area contributed by atoms with Gasteiger partial charge in [0.2, 0.25) is 5.91 Å². The number of carbonyl (C=O) groups is 2. The third-order valence-electron chi connectivity index (χ3n) is 5.17. The smallest absolute Gasteiger partial charge is 0.254 e. The standard InChI is InChI=1S/C22H25ClN2O2/c1-16-5-2-3-8-20(16)22(27)25-13-11-17(12-14-25)9-10-21(26)24-19-7-4-6-18(23)15-19/h2-8,15,17H,9-14H2,1H3,(H,24,26). The summed E-state index contributed by atoms with van der Waals surface area (Å²) in [5, 5.41) is 3.50. The molecule has 0 unspecified atom stereocenters. The summed E-state index contributed by atoms with van der Waals surface area (Å²) in [4.78, 5) is 26.8. The molecular weight excluding hydrogens is 360 g/mol. The van der Waals surface area contributed by atoms with Crippen molar-refractivity contribution in [3.8, 4) is 0 Å². The molecule has 2 amide bonds. The number of hydrogen-bond donors (Lipinski definition) is 1. The molecule has 2 aromatic rings. The van der Waals surface area contributed by atoms with Gasteiger partial charge in [0.25, 0.3) is 5.91 Å². The molecule has 1 aliphatic rings. The van der Waals surface area contributed by atoms with Gasteiger partial charge in [0.05, 0.1) is 0 Å². The third kappa shape index (κ3) is 5.33. The molecule has 1 aliphatic heterocycles. The van der Waals surface area contributed by atoms with Crippen molar-refractivity contribution in [3.05, 3.63) is 64.7 Å². The van der Waals surface area contributed by atoms with Gasteiger partial charge in [-0.15, -0.1) is 0 Å². The number of halogens is 1. The van der Waals surface area contributed by atoms with Crippen molar-refractivity contribution in [2.75, 3.05) is 18.4 Å². The fourth-order valence-corrected chi connectivity index (χ4v) is 3.72. The quantitative estimate of drug-likeness (QED) is 0.795. The summed E-state index contributed by atoms with van der Waals surface area (Å²) in [6, 6.07) is 14.9. The lowest BCUT2D eigenvalue weighted by atomic mass is 9.91. The number of aryl methyl sites for hydroxylation is 1. The van der Waals surface area contributed by atoms with E-state index in [4.69, 9.17) is 11.6 Å². The van der Waals surface area contributed by atoms with E-state index in [-0.39, 0.29) is 11.8 Å². The molecule has 2 aromatic carbocycles. The Hall–Kier alpha value is -2.33. The van der Waals surface area contributed by atoms with Gasteiger partial charge in [-0.2, -0.15) is 0 Å². The zero-order chi connectivity index (χ0) is 19.2. The predicted octanol–water partition coefficient (Wildman–Crippen LogP) is 4.92. The molecule has 1 N–H and O–H groups in total. The van der Waals surface area contributed by atoms with Gasteiger partial charge in [-0.25, -0.2) is 0 Å². The van der Waals surface area contributed by atoms with Gasteiger partial charge in [0.15, 0.2) is 0 Å². The number of carbonyl (C=O) groups excluding carboxylic acids is 2. The molecule has 0 radical (unpaired) electrons. The van der Waals surface area contributed by atoms with E-state index >= 15 is 0 Å². The topological polar surface area (TPSA) is 49.4 Å². The molecule has 0 atom stereocenters. The van der Waals surface area contributed by atoms with Crippen LogP contribution in [0.1, 0.15) is 41.6 Å². The predicted molar refractivity (Wildman–Crippen MR) is 109 cm³/mol. The summed E-state index contributed by atoms with van der Waals surface area (Å²) >= 11 is 5.94. The lowest BCUT2D eigenvalue weighted by molar-refractivity contribution is -0.116. The maximum Gasteiger partial charge on any atom is 0.254 e. The Labute approximate surface area is 165 Å². The summed E-state index contributed by atoms with van der Waals surface area (Å²) in [6.45, 7) is 3.49. The van der Waals surface area contributed by atoms with Crippen molar-refractivity contribution in [1.82, 2.24) is 4.90 Å². The van der Waals surface area contributed by atoms with Gasteiger partial charge in [-0.1, -0.05) is 35.9 Å². The maximum atomic E-state index is 12.7. The average Bonchev–Trinajstić information content (AvgIpc) is 2.67. The van der Waals surface area contributed by atoms with Crippen molar-refractivity contribution in [2.45, 2.75) is 32.6 Å². The second kappa shape index (κ2) is 9.05. The molecule has 3 rings (SSSR count). The highest BCUT2D eigenvalue weighted by molar-refractivity contribution is 6.30. The van der Waals surface area contributed by atoms with Crippen LogP contribution in [0.3, 0.4) is 0 Å². The second-order valence-electron chi connectivity index (χ2n) is 7.15. The molecule has 1 fully saturated rings. The molecule has 1 heterocycles. The minimum absolute atomic E-state index is 0.00989. The van der Waals surface area contributed by atoms with E-state index < -0.39 is 0 Å². The minimum Gasteiger partial charge on any atom is -0.339 e. The van der Waals surface area contributed by atoms with Crippen LogP contribution >= 0.6 is 11.6 Å². The minimum atomic E-state index is 0.00989. The number of nitrogens with one attached hydrogen (secondary N) is 1. The number of anilines is 1. The number of benzene rings is 2. The Morgan fingerprint density at radius 3 is 2.56 bits per heavy atom. The van der Waals surface area contributed by atoms with Crippen LogP contribution in [0.2, 0.25) is 5.02 Å². The molecule has 0 saturated carbocycles. The fraction of sp³-hybridized carbons (Fsp3) is 0.364. The van der Waals surface area contributed by atoms with Crippen LogP contribution in [0.5, 0.6) is 0 Å². The molecule has 27 heavy (non-hydrogen) atoms. The van der Waals surface area contributed by atoms with Crippen molar-refractivity contribution in [1.29, 1.82) is 0 Å². The molecule has 142 valence electrons. The normalized spacial score (nSPS) is 14.8. The molecule has 0 bridgehead atoms. The van der Waals surface area contributed by atoms with Crippen LogP contribution in [-0.4, -0.2) is 29.8 Å². The summed E-state index contributed by atoms with van der Waals surface area (Å²) < 4.78 is 0. The van der Waals surface area contributed by atoms with E-state index in [2.05, 4.69) is 5.32 Å². The molecule has 1 saturated heterocycles. The van der Waals surface area contributed by atoms with Crippen LogP contribution in [0.25, 0.3) is 0 Å². The summed E-state index contributed by atoms with van der Waals surface area (Å²) in [7, 11) is 0. The van der Waals surface area contributed by atoms with Crippen molar-refractivity contribution < 1.29 is 9.59 Å². The lowest BCUT2D eigenvalue weighted by Gasteiger charge is -2.32. The van der Waals surface area contributed by atoms with E-state index in [1.165, 1.54) is 0 Å². The van der Waals surface area contributed by atoms with Gasteiger partial charge in [-0.05, 0) is 61.9 Å². The Morgan fingerprint density at radius 2 is 1.85 bits per heavy atom. The lowest BCUT2D eigenvalue weighted by Crippen LogP contribution is -2.38. The number of nitrogens with zero attached hydrogens (tertiary/aromatic N) is 1. The summed E-state index contributed by atoms with van der Waals surface area (Å²) in [6.07, 6.45) is 3.23. The van der Waals surface area contributed by atoms with Crippen LogP contribution in [-0.2, 0) is 4.79 Å². The molecular formula is C22H25ClN2O2. The number of rotatable bonds is 5. The molecule has 0 aliphatic carbocycles. The number of likely N-dealkylation sites (tertiary alicyclic amines) is 1. The van der Waals surface area contributed by atoms with Crippen molar-refractivity contribution in [3.63, 3.8) is 0 Å². The van der Waals surface area contributed by atoms with Crippen molar-refractivity contribution >= 4 is 29.1 Å². The average molecular weight is 385 g/mol. The fourth-order valence-electron chi connectivity index (χ4n) is 3.53. The van der Waals surface area contributed by atoms with Gasteiger partial charge in [0.1, 0.15) is 0 Å². The highest BCUT2D eigenvalue weighted by Gasteiger charge is 2.24. The monoisotopic (exact) mass is 384 g/mol. The van der Waals surface area contributed by atoms with E-state index in [0.29, 0.717) is 17.4 Å². The first kappa shape index (κ1) is 19.4. The second-order valence-corrected chi connectivity index (χ2v) is 7.58. The number of piperidine rings is 1. The zero-order valence-corrected chi connectivity index (χ0v) is 16.3. The molecule has 4 nitrogen and oxygen atoms in total. The summed E-state index contributed by atoms with van der Waals surface area (Å²) in [5.41, 5.74) is 2.53. The van der Waals surface area contributed by atoms with Crippen LogP contribution in [0, 0.1) is 12.8 Å². The number of hydrogen-bond acceptors (Lipinski definition) is 2. The largest absolute Gasteiger partial charge is 0.339 e. The van der Waals surface area contributed by atoms with Gasteiger partial charge in [-0.3, -0.25) is 9.59 Å². The summed E-state index contributed by atoms with van der Waals surface area (Å²) in [5.74, 6) is 0.608. The highest BCUT2D eigenvalue weighted by Crippen LogP contribution is 2.24. The zero-order valence-electron chi connectivity index (χ0n) is 15.6. The van der Waals surface area contributed by atoms with E-state index in [0.717, 1.165) is 49.2 Å². The maximum absolute atomic E-state index is 12.7. The Kier molecular flexibility index (Phi) is 6.51. The van der Waals surface area contributed by atoms with E-state index in [1.54, 1.807) is 12.1 Å². The van der Waals surface area contributed by atoms with Crippen LogP contribution in [0.15, 0.2) is 48.5 Å². The van der Waals surface area contributed by atoms with Gasteiger partial charge in [0, 0.05) is 35.8 Å². The SMILES string of the molecule is Cc1ccccc1C(=O)N1CCC(CCC(=O)Nc2cccc(Cl)c2)CC1. The van der Waals surface area contributed by atoms with Crippen LogP contribution in [0.4, 0.5) is 5.69 Å². The molecule has 0 aromatic heterocycles. The number of amides is 2. The molecule has 0 spiro atoms. The highest BCUT2D eigenvalue weighted by atomic mass is 35.5. The van der Waals surface area contributed by atoms with Crippen molar-refractivity contribution in [2.24, 2.45) is 5.92 Å². The van der Waals surface area contributed by atoms with Crippen LogP contribution < -0.4 is 5.32 Å². The first-order valence-electron chi connectivity index (χ1n) is 9.43. The van der Waals surface area contributed by atoms with Gasteiger partial charge < -0.3 is 10.2 Å². The Bertz CT molecular complexity index is 813. The van der Waals surface area contributed by atoms with E-state index in [9.17, 15) is 9.59 Å². The van der Waals surface area contributed by atoms with Gasteiger partial charge >= 0.3 is 0 Å². The van der Waals surface area contributed by atoms with E-state index in [1.807, 2.05) is 48.2 Å². The Morgan fingerprint density at radius 1 is 1.11 bits per heavy atom. The molecule has 5 heteroatoms. The Balaban J connectivity index is 1.44. The first-order valence-corrected chi connectivity index (χ1v) is 9.81. The first-order chi connectivity index (χ1) is 13.0.